The van der Waals surface area contributed by atoms with Gasteiger partial charge in [0.25, 0.3) is 0 Å². The number of rotatable bonds is 4. The summed E-state index contributed by atoms with van der Waals surface area (Å²) in [6, 6.07) is 0.113. The Morgan fingerprint density at radius 2 is 2.11 bits per heavy atom. The van der Waals surface area contributed by atoms with E-state index < -0.39 is 5.97 Å². The molecule has 0 bridgehead atoms. The number of fused-ring (bicyclic) bond motifs is 1. The molecule has 0 radical (unpaired) electrons. The topological polar surface area (TPSA) is 66.3 Å². The van der Waals surface area contributed by atoms with Crippen molar-refractivity contribution in [3.05, 3.63) is 17.6 Å². The van der Waals surface area contributed by atoms with Crippen LogP contribution in [0, 0.1) is 0 Å². The maximum Gasteiger partial charge on any atom is 0.323 e. The highest BCUT2D eigenvalue weighted by molar-refractivity contribution is 5.74. The second-order valence-corrected chi connectivity index (χ2v) is 4.95. The number of anilines is 1. The fraction of sp³-hybridized carbons (Fsp3) is 0.615. The van der Waals surface area contributed by atoms with Crippen LogP contribution in [-0.4, -0.2) is 33.6 Å². The van der Waals surface area contributed by atoms with Gasteiger partial charge in [0.15, 0.2) is 0 Å². The van der Waals surface area contributed by atoms with E-state index >= 15 is 0 Å². The van der Waals surface area contributed by atoms with Crippen molar-refractivity contribution in [2.75, 3.05) is 11.4 Å². The van der Waals surface area contributed by atoms with E-state index in [9.17, 15) is 4.79 Å². The smallest absolute Gasteiger partial charge is 0.323 e. The average molecular weight is 249 g/mol. The largest absolute Gasteiger partial charge is 0.480 e. The highest BCUT2D eigenvalue weighted by atomic mass is 16.4. The normalized spacial score (nSPS) is 14.4. The lowest BCUT2D eigenvalue weighted by molar-refractivity contribution is -0.135. The summed E-state index contributed by atoms with van der Waals surface area (Å²) >= 11 is 0. The van der Waals surface area contributed by atoms with Crippen molar-refractivity contribution in [3.63, 3.8) is 0 Å². The Hall–Kier alpha value is -1.65. The fourth-order valence-electron chi connectivity index (χ4n) is 2.40. The minimum Gasteiger partial charge on any atom is -0.480 e. The predicted molar refractivity (Wildman–Crippen MR) is 68.8 cm³/mol. The van der Waals surface area contributed by atoms with Crippen LogP contribution in [0.1, 0.15) is 37.9 Å². The summed E-state index contributed by atoms with van der Waals surface area (Å²) < 4.78 is 0. The summed E-state index contributed by atoms with van der Waals surface area (Å²) in [6.07, 6.45) is 5.77. The number of hydrogen-bond acceptors (Lipinski definition) is 4. The first-order valence-electron chi connectivity index (χ1n) is 6.40. The van der Waals surface area contributed by atoms with Crippen LogP contribution in [0.5, 0.6) is 0 Å². The minimum absolute atomic E-state index is 0.0128. The molecule has 1 aliphatic carbocycles. The Morgan fingerprint density at radius 1 is 1.39 bits per heavy atom. The Morgan fingerprint density at radius 3 is 2.78 bits per heavy atom. The van der Waals surface area contributed by atoms with Gasteiger partial charge >= 0.3 is 5.97 Å². The number of nitrogens with zero attached hydrogens (tertiary/aromatic N) is 3. The maximum atomic E-state index is 11.0. The van der Waals surface area contributed by atoms with Crippen molar-refractivity contribution in [1.29, 1.82) is 0 Å². The molecule has 1 aliphatic rings. The predicted octanol–water partition coefficient (Wildman–Crippen LogP) is 1.65. The molecule has 1 N–H and O–H groups in total. The Kier molecular flexibility index (Phi) is 3.79. The Labute approximate surface area is 107 Å². The molecule has 0 unspecified atom stereocenters. The molecule has 0 spiro atoms. The molecule has 1 aromatic rings. The molecule has 1 heterocycles. The highest BCUT2D eigenvalue weighted by Crippen LogP contribution is 2.27. The van der Waals surface area contributed by atoms with Gasteiger partial charge in [-0.3, -0.25) is 4.79 Å². The zero-order chi connectivity index (χ0) is 13.1. The Balaban J connectivity index is 2.38. The number of aromatic nitrogens is 2. The van der Waals surface area contributed by atoms with Gasteiger partial charge < -0.3 is 10.0 Å². The van der Waals surface area contributed by atoms with Crippen LogP contribution >= 0.6 is 0 Å². The van der Waals surface area contributed by atoms with Gasteiger partial charge in [-0.2, -0.15) is 0 Å². The number of aliphatic carboxylic acids is 1. The van der Waals surface area contributed by atoms with E-state index in [4.69, 9.17) is 5.11 Å². The zero-order valence-corrected chi connectivity index (χ0v) is 10.9. The molecule has 0 amide bonds. The van der Waals surface area contributed by atoms with Crippen LogP contribution in [0.2, 0.25) is 0 Å². The van der Waals surface area contributed by atoms with Crippen molar-refractivity contribution in [3.8, 4) is 0 Å². The quantitative estimate of drug-likeness (QED) is 0.879. The standard InChI is InChI=1S/C13H19N3O2/c1-9(2)16(7-12(17)18)13-10-5-3-4-6-11(10)14-8-15-13/h8-9H,3-7H2,1-2H3,(H,17,18). The van der Waals surface area contributed by atoms with Crippen molar-refractivity contribution in [2.45, 2.75) is 45.6 Å². The van der Waals surface area contributed by atoms with Gasteiger partial charge in [0.1, 0.15) is 18.7 Å². The van der Waals surface area contributed by atoms with Crippen molar-refractivity contribution < 1.29 is 9.90 Å². The summed E-state index contributed by atoms with van der Waals surface area (Å²) in [7, 11) is 0. The van der Waals surface area contributed by atoms with Gasteiger partial charge in [-0.25, -0.2) is 9.97 Å². The molecular weight excluding hydrogens is 230 g/mol. The molecule has 2 rings (SSSR count). The molecule has 0 saturated carbocycles. The van der Waals surface area contributed by atoms with Gasteiger partial charge in [0.05, 0.1) is 0 Å². The molecule has 5 heteroatoms. The molecule has 0 atom stereocenters. The zero-order valence-electron chi connectivity index (χ0n) is 10.9. The summed E-state index contributed by atoms with van der Waals surface area (Å²) in [5, 5.41) is 9.01. The Bertz CT molecular complexity index is 446. The molecule has 5 nitrogen and oxygen atoms in total. The monoisotopic (exact) mass is 249 g/mol. The molecule has 0 saturated heterocycles. The number of aryl methyl sites for hydroxylation is 1. The number of hydrogen-bond donors (Lipinski definition) is 1. The van der Waals surface area contributed by atoms with Gasteiger partial charge in [0, 0.05) is 17.3 Å². The van der Waals surface area contributed by atoms with E-state index in [1.165, 1.54) is 0 Å². The van der Waals surface area contributed by atoms with Crippen LogP contribution in [-0.2, 0) is 17.6 Å². The number of carbonyl (C=O) groups is 1. The molecule has 0 fully saturated rings. The SMILES string of the molecule is CC(C)N(CC(=O)O)c1ncnc2c1CCCC2. The van der Waals surface area contributed by atoms with E-state index in [1.54, 1.807) is 6.33 Å². The van der Waals surface area contributed by atoms with E-state index in [2.05, 4.69) is 9.97 Å². The molecule has 98 valence electrons. The third kappa shape index (κ3) is 2.60. The lowest BCUT2D eigenvalue weighted by Crippen LogP contribution is -2.37. The lowest BCUT2D eigenvalue weighted by atomic mass is 9.96. The third-order valence-electron chi connectivity index (χ3n) is 3.30. The average Bonchev–Trinajstić information content (AvgIpc) is 2.35. The first kappa shape index (κ1) is 12.8. The number of carboxylic acid groups (broad SMARTS) is 1. The number of carboxylic acids is 1. The van der Waals surface area contributed by atoms with Gasteiger partial charge in [-0.1, -0.05) is 0 Å². The highest BCUT2D eigenvalue weighted by Gasteiger charge is 2.22. The second-order valence-electron chi connectivity index (χ2n) is 4.95. The molecule has 1 aromatic heterocycles. The molecular formula is C13H19N3O2. The van der Waals surface area contributed by atoms with Crippen LogP contribution in [0.15, 0.2) is 6.33 Å². The van der Waals surface area contributed by atoms with Gasteiger partial charge in [0.2, 0.25) is 0 Å². The van der Waals surface area contributed by atoms with Crippen molar-refractivity contribution >= 4 is 11.8 Å². The first-order valence-corrected chi connectivity index (χ1v) is 6.40. The van der Waals surface area contributed by atoms with Crippen LogP contribution in [0.3, 0.4) is 0 Å². The van der Waals surface area contributed by atoms with E-state index in [-0.39, 0.29) is 12.6 Å². The van der Waals surface area contributed by atoms with Crippen molar-refractivity contribution in [2.24, 2.45) is 0 Å². The van der Waals surface area contributed by atoms with Gasteiger partial charge in [-0.15, -0.1) is 0 Å². The summed E-state index contributed by atoms with van der Waals surface area (Å²) in [4.78, 5) is 21.4. The van der Waals surface area contributed by atoms with Crippen LogP contribution in [0.4, 0.5) is 5.82 Å². The van der Waals surface area contributed by atoms with Crippen LogP contribution in [0.25, 0.3) is 0 Å². The van der Waals surface area contributed by atoms with Crippen LogP contribution < -0.4 is 4.90 Å². The third-order valence-corrected chi connectivity index (χ3v) is 3.30. The van der Waals surface area contributed by atoms with E-state index in [0.29, 0.717) is 0 Å². The van der Waals surface area contributed by atoms with Crippen molar-refractivity contribution in [1.82, 2.24) is 9.97 Å². The molecule has 0 aromatic carbocycles. The molecule has 0 aliphatic heterocycles. The van der Waals surface area contributed by atoms with E-state index in [0.717, 1.165) is 42.8 Å². The minimum atomic E-state index is -0.827. The summed E-state index contributed by atoms with van der Waals surface area (Å²) in [6.45, 7) is 3.96. The molecule has 18 heavy (non-hydrogen) atoms. The second kappa shape index (κ2) is 5.33. The fourth-order valence-corrected chi connectivity index (χ4v) is 2.40. The van der Waals surface area contributed by atoms with E-state index in [1.807, 2.05) is 18.7 Å². The summed E-state index contributed by atoms with van der Waals surface area (Å²) in [5.41, 5.74) is 2.22. The summed E-state index contributed by atoms with van der Waals surface area (Å²) in [5.74, 6) is -0.0241. The maximum absolute atomic E-state index is 11.0. The van der Waals surface area contributed by atoms with Gasteiger partial charge in [-0.05, 0) is 39.5 Å². The first-order chi connectivity index (χ1) is 8.59. The lowest BCUT2D eigenvalue weighted by Gasteiger charge is -2.29.